The van der Waals surface area contributed by atoms with E-state index in [1.807, 2.05) is 6.92 Å². The largest absolute Gasteiger partial charge is 0.506 e. The van der Waals surface area contributed by atoms with Crippen LogP contribution in [0.3, 0.4) is 0 Å². The third-order valence-electron chi connectivity index (χ3n) is 4.61. The predicted molar refractivity (Wildman–Crippen MR) is 100 cm³/mol. The lowest BCUT2D eigenvalue weighted by Gasteiger charge is -2.27. The van der Waals surface area contributed by atoms with Gasteiger partial charge in [0.05, 0.1) is 23.6 Å². The van der Waals surface area contributed by atoms with E-state index < -0.39 is 23.5 Å². The SMILES string of the molecule is Cc1ccc(O)c(N2C(=O)C(O)=C(C(=O)c3ccco3)C2c2ccncc2)c1. The number of aromatic hydroxyl groups is 1. The van der Waals surface area contributed by atoms with Crippen molar-refractivity contribution in [3.05, 3.63) is 89.3 Å². The molecule has 7 heteroatoms. The molecule has 0 saturated carbocycles. The Kier molecular flexibility index (Phi) is 4.19. The Hall–Kier alpha value is -3.87. The van der Waals surface area contributed by atoms with Gasteiger partial charge in [-0.3, -0.25) is 19.5 Å². The van der Waals surface area contributed by atoms with Crippen LogP contribution in [0.25, 0.3) is 0 Å². The van der Waals surface area contributed by atoms with Crippen molar-refractivity contribution in [3.8, 4) is 5.75 Å². The Morgan fingerprint density at radius 2 is 1.89 bits per heavy atom. The highest BCUT2D eigenvalue weighted by atomic mass is 16.3. The predicted octanol–water partition coefficient (Wildman–Crippen LogP) is 3.47. The number of rotatable bonds is 4. The second-order valence-corrected chi connectivity index (χ2v) is 6.42. The Balaban J connectivity index is 1.92. The summed E-state index contributed by atoms with van der Waals surface area (Å²) < 4.78 is 5.17. The zero-order chi connectivity index (χ0) is 19.8. The van der Waals surface area contributed by atoms with Crippen molar-refractivity contribution in [3.63, 3.8) is 0 Å². The maximum atomic E-state index is 13.0. The molecule has 3 heterocycles. The number of carbonyl (C=O) groups excluding carboxylic acids is 2. The van der Waals surface area contributed by atoms with Crippen molar-refractivity contribution in [1.29, 1.82) is 0 Å². The lowest BCUT2D eigenvalue weighted by Crippen LogP contribution is -2.31. The third-order valence-corrected chi connectivity index (χ3v) is 4.61. The fourth-order valence-corrected chi connectivity index (χ4v) is 3.31. The van der Waals surface area contributed by atoms with Crippen molar-refractivity contribution in [2.24, 2.45) is 0 Å². The maximum Gasteiger partial charge on any atom is 0.294 e. The number of phenolic OH excluding ortho intramolecular Hbond substituents is 1. The minimum absolute atomic E-state index is 0.00344. The Morgan fingerprint density at radius 3 is 2.57 bits per heavy atom. The quantitative estimate of drug-likeness (QED) is 0.676. The van der Waals surface area contributed by atoms with Crippen LogP contribution in [0.15, 0.2) is 76.9 Å². The average Bonchev–Trinajstić information content (AvgIpc) is 3.32. The van der Waals surface area contributed by atoms with E-state index in [0.29, 0.717) is 5.56 Å². The van der Waals surface area contributed by atoms with E-state index in [-0.39, 0.29) is 22.8 Å². The average molecular weight is 376 g/mol. The number of phenols is 1. The van der Waals surface area contributed by atoms with E-state index in [9.17, 15) is 19.8 Å². The lowest BCUT2D eigenvalue weighted by molar-refractivity contribution is -0.117. The highest BCUT2D eigenvalue weighted by Crippen LogP contribution is 2.44. The second-order valence-electron chi connectivity index (χ2n) is 6.42. The number of ketones is 1. The number of aryl methyl sites for hydroxylation is 1. The molecule has 0 spiro atoms. The molecular formula is C21H16N2O5. The van der Waals surface area contributed by atoms with Crippen LogP contribution in [0.5, 0.6) is 5.75 Å². The summed E-state index contributed by atoms with van der Waals surface area (Å²) in [5, 5.41) is 20.9. The number of anilines is 1. The third kappa shape index (κ3) is 2.73. The van der Waals surface area contributed by atoms with Crippen LogP contribution in [0.4, 0.5) is 5.69 Å². The molecule has 4 rings (SSSR count). The number of aromatic nitrogens is 1. The second kappa shape index (κ2) is 6.70. The summed E-state index contributed by atoms with van der Waals surface area (Å²) >= 11 is 0. The van der Waals surface area contributed by atoms with Crippen LogP contribution < -0.4 is 4.90 Å². The molecular weight excluding hydrogens is 360 g/mol. The van der Waals surface area contributed by atoms with Crippen LogP contribution in [0, 0.1) is 6.92 Å². The van der Waals surface area contributed by atoms with E-state index in [0.717, 1.165) is 5.56 Å². The van der Waals surface area contributed by atoms with Crippen LogP contribution in [-0.2, 0) is 4.79 Å². The topological polar surface area (TPSA) is 104 Å². The number of hydrogen-bond acceptors (Lipinski definition) is 6. The molecule has 0 bridgehead atoms. The number of furan rings is 1. The fraction of sp³-hybridized carbons (Fsp3) is 0.0952. The number of carbonyl (C=O) groups is 2. The van der Waals surface area contributed by atoms with Gasteiger partial charge in [-0.25, -0.2) is 0 Å². The summed E-state index contributed by atoms with van der Waals surface area (Å²) in [6.07, 6.45) is 4.39. The molecule has 1 atom stereocenters. The van der Waals surface area contributed by atoms with Crippen molar-refractivity contribution >= 4 is 17.4 Å². The fourth-order valence-electron chi connectivity index (χ4n) is 3.31. The minimum atomic E-state index is -0.944. The number of Topliss-reactive ketones (excluding diaryl/α,β-unsaturated/α-hetero) is 1. The molecule has 7 nitrogen and oxygen atoms in total. The molecule has 1 aromatic carbocycles. The van der Waals surface area contributed by atoms with E-state index >= 15 is 0 Å². The molecule has 0 aliphatic carbocycles. The summed E-state index contributed by atoms with van der Waals surface area (Å²) in [5.74, 6) is -2.20. The van der Waals surface area contributed by atoms with Gasteiger partial charge in [0.1, 0.15) is 5.75 Å². The maximum absolute atomic E-state index is 13.0. The highest BCUT2D eigenvalue weighted by Gasteiger charge is 2.46. The zero-order valence-corrected chi connectivity index (χ0v) is 14.9. The molecule has 1 amide bonds. The van der Waals surface area contributed by atoms with Gasteiger partial charge in [-0.05, 0) is 54.4 Å². The number of aliphatic hydroxyl groups is 1. The molecule has 28 heavy (non-hydrogen) atoms. The first kappa shape index (κ1) is 17.5. The van der Waals surface area contributed by atoms with Crippen molar-refractivity contribution in [2.75, 3.05) is 4.90 Å². The molecule has 1 aliphatic rings. The Labute approximate surface area is 160 Å². The summed E-state index contributed by atoms with van der Waals surface area (Å²) in [5.41, 5.74) is 1.44. The monoisotopic (exact) mass is 376 g/mol. The van der Waals surface area contributed by atoms with Gasteiger partial charge in [-0.15, -0.1) is 0 Å². The number of pyridine rings is 1. The van der Waals surface area contributed by atoms with Crippen molar-refractivity contribution in [2.45, 2.75) is 13.0 Å². The van der Waals surface area contributed by atoms with E-state index in [2.05, 4.69) is 4.98 Å². The smallest absolute Gasteiger partial charge is 0.294 e. The van der Waals surface area contributed by atoms with Gasteiger partial charge in [0.25, 0.3) is 5.91 Å². The van der Waals surface area contributed by atoms with Gasteiger partial charge >= 0.3 is 0 Å². The molecule has 1 aliphatic heterocycles. The number of amides is 1. The van der Waals surface area contributed by atoms with Gasteiger partial charge in [0.15, 0.2) is 11.5 Å². The molecule has 2 N–H and O–H groups in total. The van der Waals surface area contributed by atoms with Gasteiger partial charge < -0.3 is 14.6 Å². The zero-order valence-electron chi connectivity index (χ0n) is 14.9. The molecule has 0 saturated heterocycles. The van der Waals surface area contributed by atoms with Gasteiger partial charge in [-0.1, -0.05) is 6.07 Å². The van der Waals surface area contributed by atoms with Crippen molar-refractivity contribution in [1.82, 2.24) is 4.98 Å². The van der Waals surface area contributed by atoms with E-state index in [1.165, 1.54) is 35.7 Å². The van der Waals surface area contributed by atoms with Gasteiger partial charge in [0.2, 0.25) is 5.78 Å². The first-order valence-electron chi connectivity index (χ1n) is 8.53. The van der Waals surface area contributed by atoms with E-state index in [4.69, 9.17) is 4.42 Å². The summed E-state index contributed by atoms with van der Waals surface area (Å²) in [6, 6.07) is 10.1. The molecule has 140 valence electrons. The Morgan fingerprint density at radius 1 is 1.14 bits per heavy atom. The van der Waals surface area contributed by atoms with Crippen LogP contribution in [0.2, 0.25) is 0 Å². The number of aliphatic hydroxyl groups excluding tert-OH is 1. The molecule has 1 unspecified atom stereocenters. The highest BCUT2D eigenvalue weighted by molar-refractivity contribution is 6.20. The van der Waals surface area contributed by atoms with Crippen LogP contribution in [-0.4, -0.2) is 26.9 Å². The first-order chi connectivity index (χ1) is 13.5. The number of nitrogens with zero attached hydrogens (tertiary/aromatic N) is 2. The van der Waals surface area contributed by atoms with Gasteiger partial charge in [0, 0.05) is 12.4 Å². The van der Waals surface area contributed by atoms with Crippen LogP contribution >= 0.6 is 0 Å². The molecule has 0 radical (unpaired) electrons. The molecule has 2 aromatic heterocycles. The van der Waals surface area contributed by atoms with Gasteiger partial charge in [-0.2, -0.15) is 0 Å². The normalized spacial score (nSPS) is 16.7. The Bertz CT molecular complexity index is 1090. The van der Waals surface area contributed by atoms with Crippen molar-refractivity contribution < 1.29 is 24.2 Å². The van der Waals surface area contributed by atoms with Crippen LogP contribution in [0.1, 0.15) is 27.7 Å². The summed E-state index contributed by atoms with van der Waals surface area (Å²) in [7, 11) is 0. The minimum Gasteiger partial charge on any atom is -0.506 e. The van der Waals surface area contributed by atoms with E-state index in [1.54, 1.807) is 30.3 Å². The summed E-state index contributed by atoms with van der Waals surface area (Å²) in [4.78, 5) is 31.1. The lowest BCUT2D eigenvalue weighted by atomic mass is 9.95. The number of hydrogen-bond donors (Lipinski definition) is 2. The standard InChI is InChI=1S/C21H16N2O5/c1-12-4-5-15(24)14(11-12)23-18(13-6-8-22-9-7-13)17(20(26)21(23)27)19(25)16-3-2-10-28-16/h2-11,18,24,26H,1H3. The molecule has 3 aromatic rings. The molecule has 0 fully saturated rings. The first-order valence-corrected chi connectivity index (χ1v) is 8.53. The summed E-state index contributed by atoms with van der Waals surface area (Å²) in [6.45, 7) is 1.81. The number of benzene rings is 1.